The SMILES string of the molecule is COC(=O)[C@H]1OC(CO)CC1C(=O)OCc1ccccc1. The van der Waals surface area contributed by atoms with Gasteiger partial charge in [0.15, 0.2) is 6.10 Å². The number of methoxy groups -OCH3 is 1. The third kappa shape index (κ3) is 3.80. The van der Waals surface area contributed by atoms with Gasteiger partial charge >= 0.3 is 11.9 Å². The number of rotatable bonds is 5. The minimum absolute atomic E-state index is 0.133. The molecule has 3 atom stereocenters. The first-order valence-electron chi connectivity index (χ1n) is 6.70. The molecule has 21 heavy (non-hydrogen) atoms. The summed E-state index contributed by atoms with van der Waals surface area (Å²) in [5, 5.41) is 9.12. The van der Waals surface area contributed by atoms with Crippen LogP contribution < -0.4 is 0 Å². The van der Waals surface area contributed by atoms with Crippen LogP contribution in [0.2, 0.25) is 0 Å². The van der Waals surface area contributed by atoms with E-state index in [1.807, 2.05) is 30.3 Å². The van der Waals surface area contributed by atoms with E-state index >= 15 is 0 Å². The van der Waals surface area contributed by atoms with Gasteiger partial charge in [-0.05, 0) is 12.0 Å². The van der Waals surface area contributed by atoms with Gasteiger partial charge in [-0.15, -0.1) is 0 Å². The molecule has 0 aliphatic carbocycles. The Kier molecular flexibility index (Phi) is 5.30. The lowest BCUT2D eigenvalue weighted by Crippen LogP contribution is -2.33. The molecular weight excluding hydrogens is 276 g/mol. The molecular formula is C15H18O6. The van der Waals surface area contributed by atoms with Crippen molar-refractivity contribution in [2.75, 3.05) is 13.7 Å². The second-order valence-corrected chi connectivity index (χ2v) is 4.82. The normalized spacial score (nSPS) is 24.6. The van der Waals surface area contributed by atoms with E-state index in [0.29, 0.717) is 0 Å². The van der Waals surface area contributed by atoms with Crippen molar-refractivity contribution < 1.29 is 28.9 Å². The molecule has 1 N–H and O–H groups in total. The molecule has 1 aliphatic rings. The molecule has 1 fully saturated rings. The Morgan fingerprint density at radius 3 is 2.62 bits per heavy atom. The summed E-state index contributed by atoms with van der Waals surface area (Å²) < 4.78 is 15.2. The van der Waals surface area contributed by atoms with Gasteiger partial charge in [-0.1, -0.05) is 30.3 Å². The van der Waals surface area contributed by atoms with Crippen molar-refractivity contribution in [2.24, 2.45) is 5.92 Å². The molecule has 0 spiro atoms. The molecule has 1 aromatic rings. The maximum atomic E-state index is 12.1. The van der Waals surface area contributed by atoms with E-state index in [9.17, 15) is 9.59 Å². The minimum atomic E-state index is -1.02. The van der Waals surface area contributed by atoms with Crippen LogP contribution >= 0.6 is 0 Å². The van der Waals surface area contributed by atoms with Crippen LogP contribution in [0.25, 0.3) is 0 Å². The van der Waals surface area contributed by atoms with Gasteiger partial charge in [0.2, 0.25) is 0 Å². The van der Waals surface area contributed by atoms with Gasteiger partial charge in [0.25, 0.3) is 0 Å². The van der Waals surface area contributed by atoms with Gasteiger partial charge < -0.3 is 19.3 Å². The van der Waals surface area contributed by atoms with Crippen LogP contribution in [0, 0.1) is 5.92 Å². The number of aliphatic hydroxyl groups is 1. The Bertz CT molecular complexity index is 486. The first kappa shape index (κ1) is 15.5. The summed E-state index contributed by atoms with van der Waals surface area (Å²) in [6.45, 7) is -0.121. The molecule has 6 heteroatoms. The predicted octanol–water partition coefficient (Wildman–Crippen LogP) is 0.669. The minimum Gasteiger partial charge on any atom is -0.467 e. The van der Waals surface area contributed by atoms with Crippen LogP contribution in [0.5, 0.6) is 0 Å². The Morgan fingerprint density at radius 2 is 2.00 bits per heavy atom. The van der Waals surface area contributed by atoms with Crippen LogP contribution in [-0.2, 0) is 30.4 Å². The molecule has 2 rings (SSSR count). The molecule has 114 valence electrons. The Labute approximate surface area is 122 Å². The third-order valence-electron chi connectivity index (χ3n) is 3.39. The molecule has 1 saturated heterocycles. The molecule has 0 amide bonds. The largest absolute Gasteiger partial charge is 0.467 e. The molecule has 6 nitrogen and oxygen atoms in total. The van der Waals surface area contributed by atoms with Crippen LogP contribution in [0.15, 0.2) is 30.3 Å². The molecule has 0 radical (unpaired) electrons. The van der Waals surface area contributed by atoms with Gasteiger partial charge in [-0.2, -0.15) is 0 Å². The summed E-state index contributed by atoms with van der Waals surface area (Å²) in [4.78, 5) is 23.7. The fourth-order valence-electron chi connectivity index (χ4n) is 2.27. The summed E-state index contributed by atoms with van der Waals surface area (Å²) in [6, 6.07) is 9.25. The monoisotopic (exact) mass is 294 g/mol. The van der Waals surface area contributed by atoms with Crippen LogP contribution in [0.3, 0.4) is 0 Å². The number of esters is 2. The van der Waals surface area contributed by atoms with Crippen molar-refractivity contribution >= 4 is 11.9 Å². The summed E-state index contributed by atoms with van der Waals surface area (Å²) in [6.07, 6.45) is -1.33. The Morgan fingerprint density at radius 1 is 1.29 bits per heavy atom. The van der Waals surface area contributed by atoms with Crippen LogP contribution in [-0.4, -0.2) is 43.0 Å². The number of aliphatic hydroxyl groups excluding tert-OH is 1. The van der Waals surface area contributed by atoms with Crippen LogP contribution in [0.4, 0.5) is 0 Å². The number of hydrogen-bond acceptors (Lipinski definition) is 6. The topological polar surface area (TPSA) is 82.1 Å². The first-order valence-corrected chi connectivity index (χ1v) is 6.70. The highest BCUT2D eigenvalue weighted by Crippen LogP contribution is 2.28. The second-order valence-electron chi connectivity index (χ2n) is 4.82. The molecule has 1 heterocycles. The summed E-state index contributed by atoms with van der Waals surface area (Å²) >= 11 is 0. The molecule has 0 aromatic heterocycles. The van der Waals surface area contributed by atoms with Gasteiger partial charge in [-0.25, -0.2) is 4.79 Å². The number of carbonyl (C=O) groups is 2. The van der Waals surface area contributed by atoms with E-state index in [1.165, 1.54) is 7.11 Å². The molecule has 0 bridgehead atoms. The van der Waals surface area contributed by atoms with Gasteiger partial charge in [0, 0.05) is 0 Å². The number of benzene rings is 1. The smallest absolute Gasteiger partial charge is 0.335 e. The van der Waals surface area contributed by atoms with Crippen molar-refractivity contribution in [2.45, 2.75) is 25.2 Å². The van der Waals surface area contributed by atoms with Crippen molar-refractivity contribution in [3.8, 4) is 0 Å². The van der Waals surface area contributed by atoms with E-state index in [4.69, 9.17) is 14.6 Å². The van der Waals surface area contributed by atoms with Crippen molar-refractivity contribution in [1.29, 1.82) is 0 Å². The van der Waals surface area contributed by atoms with E-state index in [1.54, 1.807) is 0 Å². The number of carbonyl (C=O) groups excluding carboxylic acids is 2. The zero-order chi connectivity index (χ0) is 15.2. The van der Waals surface area contributed by atoms with E-state index < -0.39 is 30.1 Å². The Balaban J connectivity index is 1.97. The molecule has 0 saturated carbocycles. The zero-order valence-electron chi connectivity index (χ0n) is 11.7. The second kappa shape index (κ2) is 7.19. The summed E-state index contributed by atoms with van der Waals surface area (Å²) in [5.74, 6) is -1.91. The van der Waals surface area contributed by atoms with Gasteiger partial charge in [-0.3, -0.25) is 4.79 Å². The molecule has 1 aromatic carbocycles. The van der Waals surface area contributed by atoms with Crippen molar-refractivity contribution in [3.63, 3.8) is 0 Å². The summed E-state index contributed by atoms with van der Waals surface area (Å²) in [5.41, 5.74) is 0.859. The van der Waals surface area contributed by atoms with Gasteiger partial charge in [0.05, 0.1) is 25.7 Å². The fraction of sp³-hybridized carbons (Fsp3) is 0.467. The van der Waals surface area contributed by atoms with E-state index in [0.717, 1.165) is 5.56 Å². The number of hydrogen-bond donors (Lipinski definition) is 1. The predicted molar refractivity (Wildman–Crippen MR) is 72.1 cm³/mol. The lowest BCUT2D eigenvalue weighted by molar-refractivity contribution is -0.164. The lowest BCUT2D eigenvalue weighted by atomic mass is 9.99. The highest BCUT2D eigenvalue weighted by Gasteiger charge is 2.45. The zero-order valence-corrected chi connectivity index (χ0v) is 11.7. The van der Waals surface area contributed by atoms with Crippen molar-refractivity contribution in [3.05, 3.63) is 35.9 Å². The van der Waals surface area contributed by atoms with Crippen molar-refractivity contribution in [1.82, 2.24) is 0 Å². The third-order valence-corrected chi connectivity index (χ3v) is 3.39. The fourth-order valence-corrected chi connectivity index (χ4v) is 2.27. The average molecular weight is 294 g/mol. The average Bonchev–Trinajstić information content (AvgIpc) is 2.97. The highest BCUT2D eigenvalue weighted by molar-refractivity contribution is 5.84. The van der Waals surface area contributed by atoms with Crippen LogP contribution in [0.1, 0.15) is 12.0 Å². The van der Waals surface area contributed by atoms with E-state index in [2.05, 4.69) is 4.74 Å². The number of ether oxygens (including phenoxy) is 3. The first-order chi connectivity index (χ1) is 10.2. The quantitative estimate of drug-likeness (QED) is 0.804. The standard InChI is InChI=1S/C15H18O6/c1-19-15(18)13-12(7-11(8-16)21-13)14(17)20-9-10-5-3-2-4-6-10/h2-6,11-13,16H,7-9H2,1H3/t11?,12?,13-/m0/s1. The summed E-state index contributed by atoms with van der Waals surface area (Å²) in [7, 11) is 1.23. The maximum absolute atomic E-state index is 12.1. The Hall–Kier alpha value is -1.92. The maximum Gasteiger partial charge on any atom is 0.335 e. The lowest BCUT2D eigenvalue weighted by Gasteiger charge is -2.15. The highest BCUT2D eigenvalue weighted by atomic mass is 16.6. The molecule has 1 aliphatic heterocycles. The molecule has 2 unspecified atom stereocenters. The van der Waals surface area contributed by atoms with Gasteiger partial charge in [0.1, 0.15) is 6.61 Å². The van der Waals surface area contributed by atoms with E-state index in [-0.39, 0.29) is 19.6 Å².